The van der Waals surface area contributed by atoms with Crippen LogP contribution in [0.3, 0.4) is 0 Å². The van der Waals surface area contributed by atoms with Crippen molar-refractivity contribution in [2.75, 3.05) is 27.4 Å². The lowest BCUT2D eigenvalue weighted by Gasteiger charge is -2.08. The SMILES string of the molecule is COC(=O)c1ccc(C(=O)NCCOc2ccc(OC)cc2)cc1. The second-order valence-electron chi connectivity index (χ2n) is 4.85. The van der Waals surface area contributed by atoms with E-state index in [1.54, 1.807) is 55.6 Å². The average Bonchev–Trinajstić information content (AvgIpc) is 2.65. The lowest BCUT2D eigenvalue weighted by Crippen LogP contribution is -2.28. The van der Waals surface area contributed by atoms with Crippen molar-refractivity contribution in [2.24, 2.45) is 0 Å². The van der Waals surface area contributed by atoms with E-state index in [4.69, 9.17) is 9.47 Å². The van der Waals surface area contributed by atoms with Crippen LogP contribution in [0.25, 0.3) is 0 Å². The van der Waals surface area contributed by atoms with E-state index in [2.05, 4.69) is 10.1 Å². The minimum atomic E-state index is -0.435. The van der Waals surface area contributed by atoms with Crippen LogP contribution in [0.5, 0.6) is 11.5 Å². The van der Waals surface area contributed by atoms with Crippen LogP contribution in [-0.4, -0.2) is 39.2 Å². The molecule has 0 aromatic heterocycles. The molecule has 2 aromatic carbocycles. The van der Waals surface area contributed by atoms with Crippen LogP contribution in [0, 0.1) is 0 Å². The van der Waals surface area contributed by atoms with E-state index < -0.39 is 5.97 Å². The van der Waals surface area contributed by atoms with Gasteiger partial charge in [-0.2, -0.15) is 0 Å². The van der Waals surface area contributed by atoms with E-state index in [1.165, 1.54) is 7.11 Å². The minimum Gasteiger partial charge on any atom is -0.497 e. The Hall–Kier alpha value is -3.02. The molecule has 0 saturated carbocycles. The van der Waals surface area contributed by atoms with Crippen LogP contribution in [-0.2, 0) is 4.74 Å². The highest BCUT2D eigenvalue weighted by Crippen LogP contribution is 2.16. The summed E-state index contributed by atoms with van der Waals surface area (Å²) in [6.07, 6.45) is 0. The van der Waals surface area contributed by atoms with E-state index in [9.17, 15) is 9.59 Å². The molecule has 0 saturated heterocycles. The zero-order valence-electron chi connectivity index (χ0n) is 13.6. The van der Waals surface area contributed by atoms with Gasteiger partial charge in [-0.3, -0.25) is 4.79 Å². The standard InChI is InChI=1S/C18H19NO5/c1-22-15-7-9-16(10-8-15)24-12-11-19-17(20)13-3-5-14(6-4-13)18(21)23-2/h3-10H,11-12H2,1-2H3,(H,19,20). The second-order valence-corrected chi connectivity index (χ2v) is 4.85. The van der Waals surface area contributed by atoms with Crippen molar-refractivity contribution < 1.29 is 23.8 Å². The summed E-state index contributed by atoms with van der Waals surface area (Å²) in [5.41, 5.74) is 0.865. The molecule has 1 N–H and O–H groups in total. The van der Waals surface area contributed by atoms with E-state index in [1.807, 2.05) is 0 Å². The number of nitrogens with one attached hydrogen (secondary N) is 1. The summed E-state index contributed by atoms with van der Waals surface area (Å²) in [7, 11) is 2.91. The molecule has 126 valence electrons. The molecule has 0 atom stereocenters. The molecule has 0 aliphatic heterocycles. The number of benzene rings is 2. The molecule has 0 radical (unpaired) electrons. The van der Waals surface area contributed by atoms with Crippen molar-refractivity contribution in [3.63, 3.8) is 0 Å². The summed E-state index contributed by atoms with van der Waals surface area (Å²) in [6, 6.07) is 13.5. The maximum absolute atomic E-state index is 12.0. The Balaban J connectivity index is 1.77. The molecule has 2 rings (SSSR count). The van der Waals surface area contributed by atoms with Gasteiger partial charge >= 0.3 is 5.97 Å². The number of methoxy groups -OCH3 is 2. The van der Waals surface area contributed by atoms with Crippen molar-refractivity contribution in [3.8, 4) is 11.5 Å². The predicted octanol–water partition coefficient (Wildman–Crippen LogP) is 2.29. The minimum absolute atomic E-state index is 0.232. The second kappa shape index (κ2) is 8.57. The molecule has 2 aromatic rings. The first kappa shape index (κ1) is 17.3. The number of hydrogen-bond donors (Lipinski definition) is 1. The third-order valence-electron chi connectivity index (χ3n) is 3.28. The first-order valence-corrected chi connectivity index (χ1v) is 7.37. The van der Waals surface area contributed by atoms with Gasteiger partial charge in [0.25, 0.3) is 5.91 Å². The Morgan fingerprint density at radius 1 is 0.875 bits per heavy atom. The van der Waals surface area contributed by atoms with Gasteiger partial charge in [-0.1, -0.05) is 0 Å². The van der Waals surface area contributed by atoms with Gasteiger partial charge < -0.3 is 19.5 Å². The van der Waals surface area contributed by atoms with Gasteiger partial charge in [0.2, 0.25) is 0 Å². The third-order valence-corrected chi connectivity index (χ3v) is 3.28. The van der Waals surface area contributed by atoms with Gasteiger partial charge in [0.05, 0.1) is 26.3 Å². The molecule has 0 bridgehead atoms. The Labute approximate surface area is 140 Å². The van der Waals surface area contributed by atoms with Crippen LogP contribution in [0.1, 0.15) is 20.7 Å². The van der Waals surface area contributed by atoms with Crippen molar-refractivity contribution in [1.82, 2.24) is 5.32 Å². The van der Waals surface area contributed by atoms with E-state index >= 15 is 0 Å². The lowest BCUT2D eigenvalue weighted by molar-refractivity contribution is 0.0600. The fourth-order valence-corrected chi connectivity index (χ4v) is 1.98. The zero-order valence-corrected chi connectivity index (χ0v) is 13.6. The molecule has 0 aliphatic carbocycles. The quantitative estimate of drug-likeness (QED) is 0.623. The normalized spacial score (nSPS) is 9.92. The summed E-state index contributed by atoms with van der Waals surface area (Å²) in [6.45, 7) is 0.710. The Bertz CT molecular complexity index is 680. The number of ether oxygens (including phenoxy) is 3. The molecule has 24 heavy (non-hydrogen) atoms. The summed E-state index contributed by atoms with van der Waals surface area (Å²) in [5.74, 6) is 0.790. The molecule has 6 nitrogen and oxygen atoms in total. The van der Waals surface area contributed by atoms with Gasteiger partial charge in [-0.15, -0.1) is 0 Å². The van der Waals surface area contributed by atoms with Crippen molar-refractivity contribution in [2.45, 2.75) is 0 Å². The van der Waals surface area contributed by atoms with Gasteiger partial charge in [-0.25, -0.2) is 4.79 Å². The maximum Gasteiger partial charge on any atom is 0.337 e. The molecular weight excluding hydrogens is 310 g/mol. The summed E-state index contributed by atoms with van der Waals surface area (Å²) < 4.78 is 15.2. The fourth-order valence-electron chi connectivity index (χ4n) is 1.98. The first-order valence-electron chi connectivity index (χ1n) is 7.37. The highest BCUT2D eigenvalue weighted by molar-refractivity contribution is 5.96. The molecule has 6 heteroatoms. The van der Waals surface area contributed by atoms with E-state index in [0.29, 0.717) is 30.0 Å². The van der Waals surface area contributed by atoms with Crippen molar-refractivity contribution in [1.29, 1.82) is 0 Å². The molecule has 0 heterocycles. The van der Waals surface area contributed by atoms with Crippen molar-refractivity contribution in [3.05, 3.63) is 59.7 Å². The number of esters is 1. The third kappa shape index (κ3) is 4.74. The summed E-state index contributed by atoms with van der Waals surface area (Å²) in [4.78, 5) is 23.3. The van der Waals surface area contributed by atoms with Crippen molar-refractivity contribution >= 4 is 11.9 Å². The van der Waals surface area contributed by atoms with Gasteiger partial charge in [0, 0.05) is 5.56 Å². The average molecular weight is 329 g/mol. The van der Waals surface area contributed by atoms with Crippen LogP contribution in [0.15, 0.2) is 48.5 Å². The fraction of sp³-hybridized carbons (Fsp3) is 0.222. The number of carbonyl (C=O) groups excluding carboxylic acids is 2. The Kier molecular flexibility index (Phi) is 6.19. The Morgan fingerprint density at radius 3 is 2.04 bits per heavy atom. The number of rotatable bonds is 7. The highest BCUT2D eigenvalue weighted by Gasteiger charge is 2.08. The summed E-state index contributed by atoms with van der Waals surface area (Å²) >= 11 is 0. The topological polar surface area (TPSA) is 73.9 Å². The zero-order chi connectivity index (χ0) is 17.4. The van der Waals surface area contributed by atoms with Crippen LogP contribution in [0.4, 0.5) is 0 Å². The predicted molar refractivity (Wildman–Crippen MR) is 88.6 cm³/mol. The van der Waals surface area contributed by atoms with Gasteiger partial charge in [-0.05, 0) is 48.5 Å². The molecule has 0 spiro atoms. The van der Waals surface area contributed by atoms with E-state index in [0.717, 1.165) is 5.75 Å². The van der Waals surface area contributed by atoms with Crippen LogP contribution in [0.2, 0.25) is 0 Å². The number of hydrogen-bond acceptors (Lipinski definition) is 5. The molecule has 0 aliphatic rings. The van der Waals surface area contributed by atoms with Crippen LogP contribution >= 0.6 is 0 Å². The molecule has 0 unspecified atom stereocenters. The maximum atomic E-state index is 12.0. The van der Waals surface area contributed by atoms with Gasteiger partial charge in [0.15, 0.2) is 0 Å². The number of amides is 1. The molecule has 0 fully saturated rings. The number of carbonyl (C=O) groups is 2. The largest absolute Gasteiger partial charge is 0.497 e. The van der Waals surface area contributed by atoms with Crippen LogP contribution < -0.4 is 14.8 Å². The monoisotopic (exact) mass is 329 g/mol. The first-order chi connectivity index (χ1) is 11.6. The molecule has 1 amide bonds. The summed E-state index contributed by atoms with van der Waals surface area (Å²) in [5, 5.41) is 2.75. The highest BCUT2D eigenvalue weighted by atomic mass is 16.5. The lowest BCUT2D eigenvalue weighted by atomic mass is 10.1. The Morgan fingerprint density at radius 2 is 1.46 bits per heavy atom. The smallest absolute Gasteiger partial charge is 0.337 e. The molecular formula is C18H19NO5. The van der Waals surface area contributed by atoms with E-state index in [-0.39, 0.29) is 5.91 Å². The van der Waals surface area contributed by atoms with Gasteiger partial charge in [0.1, 0.15) is 18.1 Å².